The number of benzene rings is 1. The summed E-state index contributed by atoms with van der Waals surface area (Å²) < 4.78 is 61.4. The first kappa shape index (κ1) is 18.1. The van der Waals surface area contributed by atoms with Crippen LogP contribution >= 0.6 is 0 Å². The van der Waals surface area contributed by atoms with Crippen LogP contribution in [0.2, 0.25) is 0 Å². The number of nitrogens with one attached hydrogen (secondary N) is 1. The highest BCUT2D eigenvalue weighted by atomic mass is 32.2. The predicted octanol–water partition coefficient (Wildman–Crippen LogP) is 3.12. The largest absolute Gasteiger partial charge is 0.501 e. The number of likely N-dealkylation sites (tertiary alicyclic amines) is 1. The minimum Gasteiger partial charge on any atom is -0.383 e. The Morgan fingerprint density at radius 2 is 1.83 bits per heavy atom. The Kier molecular flexibility index (Phi) is 5.57. The minimum absolute atomic E-state index is 0.00444. The average molecular weight is 350 g/mol. The van der Waals surface area contributed by atoms with Crippen molar-refractivity contribution < 1.29 is 21.6 Å². The molecule has 130 valence electrons. The van der Waals surface area contributed by atoms with E-state index in [1.807, 2.05) is 0 Å². The molecular formula is C15H21F3N2O2S. The number of hydrogen-bond donors (Lipinski definition) is 1. The Balaban J connectivity index is 2.01. The van der Waals surface area contributed by atoms with Gasteiger partial charge in [0.25, 0.3) is 9.84 Å². The van der Waals surface area contributed by atoms with E-state index in [0.717, 1.165) is 32.0 Å². The molecule has 2 rings (SSSR count). The number of anilines is 1. The van der Waals surface area contributed by atoms with Crippen molar-refractivity contribution in [3.63, 3.8) is 0 Å². The molecule has 1 heterocycles. The number of alkyl halides is 3. The van der Waals surface area contributed by atoms with Crippen LogP contribution in [0.5, 0.6) is 0 Å². The molecule has 1 N–H and O–H groups in total. The van der Waals surface area contributed by atoms with E-state index in [1.54, 1.807) is 0 Å². The van der Waals surface area contributed by atoms with Gasteiger partial charge in [-0.25, -0.2) is 8.42 Å². The molecule has 0 spiro atoms. The first-order valence-electron chi connectivity index (χ1n) is 7.58. The molecule has 0 aliphatic carbocycles. The summed E-state index contributed by atoms with van der Waals surface area (Å²) in [6.07, 6.45) is 2.22. The first-order chi connectivity index (χ1) is 10.7. The lowest BCUT2D eigenvalue weighted by Gasteiger charge is -2.30. The normalized spacial score (nSPS) is 18.1. The van der Waals surface area contributed by atoms with E-state index >= 15 is 0 Å². The number of sulfone groups is 1. The van der Waals surface area contributed by atoms with Gasteiger partial charge in [0.05, 0.1) is 10.6 Å². The highest BCUT2D eigenvalue weighted by Crippen LogP contribution is 2.34. The average Bonchev–Trinajstić information content (AvgIpc) is 2.48. The second-order valence-electron chi connectivity index (χ2n) is 5.90. The monoisotopic (exact) mass is 350 g/mol. The van der Waals surface area contributed by atoms with Crippen LogP contribution in [0, 0.1) is 5.92 Å². The van der Waals surface area contributed by atoms with Crippen LogP contribution in [0.1, 0.15) is 19.8 Å². The molecule has 0 atom stereocenters. The van der Waals surface area contributed by atoms with Crippen molar-refractivity contribution in [2.45, 2.75) is 30.2 Å². The van der Waals surface area contributed by atoms with Gasteiger partial charge >= 0.3 is 5.51 Å². The molecule has 1 aliphatic rings. The molecule has 0 bridgehead atoms. The highest BCUT2D eigenvalue weighted by Gasteiger charge is 2.47. The summed E-state index contributed by atoms with van der Waals surface area (Å²) in [5.74, 6) is 0.705. The van der Waals surface area contributed by atoms with Gasteiger partial charge in [0.1, 0.15) is 0 Å². The Morgan fingerprint density at radius 1 is 1.22 bits per heavy atom. The molecule has 0 aromatic heterocycles. The van der Waals surface area contributed by atoms with E-state index in [-0.39, 0.29) is 5.69 Å². The van der Waals surface area contributed by atoms with Crippen LogP contribution in [0.15, 0.2) is 29.2 Å². The summed E-state index contributed by atoms with van der Waals surface area (Å²) in [5.41, 5.74) is -5.30. The quantitative estimate of drug-likeness (QED) is 0.886. The SMILES string of the molecule is CC1CCN(CCNc2ccccc2S(=O)(=O)C(F)(F)F)CC1. The van der Waals surface area contributed by atoms with E-state index in [1.165, 1.54) is 18.2 Å². The zero-order valence-electron chi connectivity index (χ0n) is 12.9. The first-order valence-corrected chi connectivity index (χ1v) is 9.07. The van der Waals surface area contributed by atoms with Crippen molar-refractivity contribution in [1.82, 2.24) is 4.90 Å². The molecule has 1 saturated heterocycles. The van der Waals surface area contributed by atoms with Crippen molar-refractivity contribution in [3.8, 4) is 0 Å². The van der Waals surface area contributed by atoms with Gasteiger partial charge in [0.2, 0.25) is 0 Å². The predicted molar refractivity (Wildman–Crippen MR) is 83.0 cm³/mol. The van der Waals surface area contributed by atoms with Crippen molar-refractivity contribution in [1.29, 1.82) is 0 Å². The van der Waals surface area contributed by atoms with E-state index in [9.17, 15) is 21.6 Å². The Bertz CT molecular complexity index is 624. The zero-order valence-corrected chi connectivity index (χ0v) is 13.8. The lowest BCUT2D eigenvalue weighted by atomic mass is 9.99. The second kappa shape index (κ2) is 7.09. The molecule has 23 heavy (non-hydrogen) atoms. The number of hydrogen-bond acceptors (Lipinski definition) is 4. The lowest BCUT2D eigenvalue weighted by Crippen LogP contribution is -2.36. The fourth-order valence-electron chi connectivity index (χ4n) is 2.61. The van der Waals surface area contributed by atoms with Crippen molar-refractivity contribution >= 4 is 15.5 Å². The molecule has 0 amide bonds. The third-order valence-corrected chi connectivity index (χ3v) is 5.65. The third-order valence-electron chi connectivity index (χ3n) is 4.10. The molecule has 8 heteroatoms. The minimum atomic E-state index is -5.35. The molecule has 1 aliphatic heterocycles. The van der Waals surface area contributed by atoms with Crippen LogP contribution in [-0.4, -0.2) is 45.0 Å². The van der Waals surface area contributed by atoms with Gasteiger partial charge in [-0.1, -0.05) is 19.1 Å². The zero-order chi connectivity index (χ0) is 17.1. The molecule has 0 saturated carbocycles. The maximum Gasteiger partial charge on any atom is 0.501 e. The third kappa shape index (κ3) is 4.38. The van der Waals surface area contributed by atoms with Gasteiger partial charge < -0.3 is 10.2 Å². The van der Waals surface area contributed by atoms with E-state index in [4.69, 9.17) is 0 Å². The molecular weight excluding hydrogens is 329 g/mol. The molecule has 4 nitrogen and oxygen atoms in total. The molecule has 0 unspecified atom stereocenters. The summed E-state index contributed by atoms with van der Waals surface area (Å²) >= 11 is 0. The summed E-state index contributed by atoms with van der Waals surface area (Å²) in [4.78, 5) is 1.51. The van der Waals surface area contributed by atoms with Crippen LogP contribution in [0.25, 0.3) is 0 Å². The van der Waals surface area contributed by atoms with Crippen molar-refractivity contribution in [2.75, 3.05) is 31.5 Å². The highest BCUT2D eigenvalue weighted by molar-refractivity contribution is 7.92. The molecule has 1 aromatic carbocycles. The fourth-order valence-corrected chi connectivity index (χ4v) is 3.54. The van der Waals surface area contributed by atoms with Gasteiger partial charge in [-0.2, -0.15) is 13.2 Å². The topological polar surface area (TPSA) is 49.4 Å². The van der Waals surface area contributed by atoms with Gasteiger partial charge in [-0.3, -0.25) is 0 Å². The lowest BCUT2D eigenvalue weighted by molar-refractivity contribution is -0.0435. The summed E-state index contributed by atoms with van der Waals surface area (Å²) in [5, 5.41) is 2.83. The Labute approximate surface area is 134 Å². The summed E-state index contributed by atoms with van der Waals surface area (Å²) in [7, 11) is -5.35. The molecule has 1 aromatic rings. The van der Waals surface area contributed by atoms with Crippen LogP contribution in [0.4, 0.5) is 18.9 Å². The van der Waals surface area contributed by atoms with E-state index in [2.05, 4.69) is 17.1 Å². The standard InChI is InChI=1S/C15H21F3N2O2S/c1-12-6-9-20(10-7-12)11-8-19-13-4-2-3-5-14(13)23(21,22)15(16,17)18/h2-5,12,19H,6-11H2,1H3. The Hall–Kier alpha value is -1.28. The van der Waals surface area contributed by atoms with E-state index in [0.29, 0.717) is 19.0 Å². The fraction of sp³-hybridized carbons (Fsp3) is 0.600. The van der Waals surface area contributed by atoms with Crippen LogP contribution < -0.4 is 5.32 Å². The molecule has 1 fully saturated rings. The van der Waals surface area contributed by atoms with Crippen molar-refractivity contribution in [2.24, 2.45) is 5.92 Å². The number of halogens is 3. The van der Waals surface area contributed by atoms with Crippen LogP contribution in [0.3, 0.4) is 0 Å². The van der Waals surface area contributed by atoms with Gasteiger partial charge in [0, 0.05) is 13.1 Å². The van der Waals surface area contributed by atoms with Gasteiger partial charge in [-0.05, 0) is 44.0 Å². The number of rotatable bonds is 5. The van der Waals surface area contributed by atoms with Gasteiger partial charge in [0.15, 0.2) is 0 Å². The van der Waals surface area contributed by atoms with Crippen molar-refractivity contribution in [3.05, 3.63) is 24.3 Å². The molecule has 0 radical (unpaired) electrons. The maximum absolute atomic E-state index is 12.7. The van der Waals surface area contributed by atoms with E-state index < -0.39 is 20.2 Å². The number of para-hydroxylation sites is 1. The smallest absolute Gasteiger partial charge is 0.383 e. The number of piperidine rings is 1. The summed E-state index contributed by atoms with van der Waals surface area (Å²) in [6.45, 7) is 5.20. The van der Waals surface area contributed by atoms with Gasteiger partial charge in [-0.15, -0.1) is 0 Å². The number of nitrogens with zero attached hydrogens (tertiary/aromatic N) is 1. The van der Waals surface area contributed by atoms with Crippen LogP contribution in [-0.2, 0) is 9.84 Å². The maximum atomic E-state index is 12.7. The second-order valence-corrected chi connectivity index (χ2v) is 7.81. The summed E-state index contributed by atoms with van der Waals surface area (Å²) in [6, 6.07) is 5.14. The Morgan fingerprint density at radius 3 is 2.43 bits per heavy atom.